The first-order chi connectivity index (χ1) is 44.4. The van der Waals surface area contributed by atoms with Gasteiger partial charge in [-0.3, -0.25) is 37.3 Å². The van der Waals surface area contributed by atoms with Crippen LogP contribution in [0.4, 0.5) is 0 Å². The zero-order valence-electron chi connectivity index (χ0n) is 59.9. The number of phosphoric acid groups is 2. The quantitative estimate of drug-likeness (QED) is 0.0222. The number of esters is 4. The number of carbonyl (C=O) groups excluding carboxylic acids is 4. The van der Waals surface area contributed by atoms with Crippen molar-refractivity contribution in [2.24, 2.45) is 11.8 Å². The molecule has 3 unspecified atom stereocenters. The molecule has 0 bridgehead atoms. The van der Waals surface area contributed by atoms with Gasteiger partial charge in [0, 0.05) is 25.7 Å². The van der Waals surface area contributed by atoms with E-state index in [4.69, 9.17) is 37.0 Å². The second kappa shape index (κ2) is 65.0. The summed E-state index contributed by atoms with van der Waals surface area (Å²) >= 11 is 0. The summed E-state index contributed by atoms with van der Waals surface area (Å²) in [4.78, 5) is 72.7. The molecule has 0 heterocycles. The van der Waals surface area contributed by atoms with Crippen LogP contribution in [0, 0.1) is 11.8 Å². The zero-order chi connectivity index (χ0) is 67.9. The molecule has 546 valence electrons. The number of carbonyl (C=O) groups is 4. The molecule has 92 heavy (non-hydrogen) atoms. The molecule has 17 nitrogen and oxygen atoms in total. The van der Waals surface area contributed by atoms with Gasteiger partial charge in [-0.25, -0.2) is 9.13 Å². The summed E-state index contributed by atoms with van der Waals surface area (Å²) in [7, 11) is -9.91. The summed E-state index contributed by atoms with van der Waals surface area (Å²) in [5, 5.41) is 10.6. The van der Waals surface area contributed by atoms with Crippen molar-refractivity contribution in [1.29, 1.82) is 0 Å². The van der Waals surface area contributed by atoms with E-state index in [2.05, 4.69) is 41.5 Å². The minimum Gasteiger partial charge on any atom is -0.462 e. The molecule has 0 spiro atoms. The van der Waals surface area contributed by atoms with Gasteiger partial charge in [0.2, 0.25) is 0 Å². The van der Waals surface area contributed by atoms with Crippen molar-refractivity contribution in [2.45, 2.75) is 394 Å². The highest BCUT2D eigenvalue weighted by Gasteiger charge is 2.30. The van der Waals surface area contributed by atoms with Crippen LogP contribution < -0.4 is 0 Å². The Hall–Kier alpha value is -1.94. The summed E-state index contributed by atoms with van der Waals surface area (Å²) in [6.07, 6.45) is 51.3. The molecule has 3 N–H and O–H groups in total. The lowest BCUT2D eigenvalue weighted by molar-refractivity contribution is -0.161. The SMILES string of the molecule is CCCCCCCCCCCCCCCCCC(=O)OC[C@H](COP(=O)(O)OC[C@@H](O)COP(=O)(O)OC[C@@H](COC(=O)CCCCCCCCC(C)CC)OC(=O)CCCCCCCCCCCC(C)C)OC(=O)CCCCCCCCCCCCCCCCC. The molecule has 0 aromatic carbocycles. The van der Waals surface area contributed by atoms with Crippen molar-refractivity contribution in [3.05, 3.63) is 0 Å². The van der Waals surface area contributed by atoms with E-state index in [1.165, 1.54) is 186 Å². The van der Waals surface area contributed by atoms with Crippen LogP contribution in [0.25, 0.3) is 0 Å². The lowest BCUT2D eigenvalue weighted by Gasteiger charge is -2.21. The van der Waals surface area contributed by atoms with E-state index < -0.39 is 97.5 Å². The summed E-state index contributed by atoms with van der Waals surface area (Å²) in [5.41, 5.74) is 0. The first-order valence-corrected chi connectivity index (χ1v) is 41.0. The van der Waals surface area contributed by atoms with Gasteiger partial charge >= 0.3 is 39.5 Å². The van der Waals surface area contributed by atoms with Crippen LogP contribution >= 0.6 is 15.6 Å². The Morgan fingerprint density at radius 3 is 0.826 bits per heavy atom. The number of aliphatic hydroxyl groups excluding tert-OH is 1. The lowest BCUT2D eigenvalue weighted by atomic mass is 10.00. The van der Waals surface area contributed by atoms with Crippen LogP contribution in [-0.2, 0) is 65.4 Å². The normalized spacial score (nSPS) is 14.4. The highest BCUT2D eigenvalue weighted by Crippen LogP contribution is 2.45. The van der Waals surface area contributed by atoms with Crippen molar-refractivity contribution in [2.75, 3.05) is 39.6 Å². The van der Waals surface area contributed by atoms with Crippen molar-refractivity contribution in [3.8, 4) is 0 Å². The first kappa shape index (κ1) is 90.1. The topological polar surface area (TPSA) is 237 Å². The molecule has 0 aliphatic carbocycles. The van der Waals surface area contributed by atoms with E-state index in [1.54, 1.807) is 0 Å². The number of ether oxygens (including phenoxy) is 4. The predicted octanol–water partition coefficient (Wildman–Crippen LogP) is 21.2. The highest BCUT2D eigenvalue weighted by molar-refractivity contribution is 7.47. The van der Waals surface area contributed by atoms with Crippen LogP contribution in [0.2, 0.25) is 0 Å². The summed E-state index contributed by atoms with van der Waals surface area (Å²) < 4.78 is 68.4. The monoisotopic (exact) mass is 1350 g/mol. The third-order valence-electron chi connectivity index (χ3n) is 17.3. The van der Waals surface area contributed by atoms with Gasteiger partial charge < -0.3 is 33.8 Å². The summed E-state index contributed by atoms with van der Waals surface area (Å²) in [5.74, 6) is -0.652. The van der Waals surface area contributed by atoms with Crippen LogP contribution in [0.1, 0.15) is 375 Å². The fraction of sp³-hybridized carbons (Fsp3) is 0.945. The van der Waals surface area contributed by atoms with Crippen LogP contribution in [0.5, 0.6) is 0 Å². The van der Waals surface area contributed by atoms with Crippen LogP contribution in [0.15, 0.2) is 0 Å². The second-order valence-corrected chi connectivity index (χ2v) is 30.0. The third kappa shape index (κ3) is 65.4. The fourth-order valence-corrected chi connectivity index (χ4v) is 12.7. The molecule has 0 saturated heterocycles. The Morgan fingerprint density at radius 2 is 0.554 bits per heavy atom. The summed E-state index contributed by atoms with van der Waals surface area (Å²) in [6, 6.07) is 0. The minimum absolute atomic E-state index is 0.105. The van der Waals surface area contributed by atoms with E-state index in [9.17, 15) is 43.2 Å². The smallest absolute Gasteiger partial charge is 0.462 e. The number of hydrogen-bond acceptors (Lipinski definition) is 15. The summed E-state index contributed by atoms with van der Waals surface area (Å²) in [6.45, 7) is 9.52. The molecule has 0 rings (SSSR count). The maximum atomic E-state index is 13.1. The van der Waals surface area contributed by atoms with Gasteiger partial charge in [-0.2, -0.15) is 0 Å². The molecule has 0 radical (unpaired) electrons. The molecule has 0 fully saturated rings. The molecule has 0 saturated carbocycles. The molecular formula is C73H142O17P2. The third-order valence-corrected chi connectivity index (χ3v) is 19.2. The Morgan fingerprint density at radius 1 is 0.315 bits per heavy atom. The molecule has 0 aromatic rings. The average molecular weight is 1350 g/mol. The Kier molecular flexibility index (Phi) is 63.7. The van der Waals surface area contributed by atoms with Gasteiger partial charge in [-0.1, -0.05) is 324 Å². The maximum absolute atomic E-state index is 13.1. The van der Waals surface area contributed by atoms with Crippen molar-refractivity contribution in [1.82, 2.24) is 0 Å². The molecule has 0 aromatic heterocycles. The Bertz CT molecular complexity index is 1790. The van der Waals surface area contributed by atoms with Gasteiger partial charge in [0.25, 0.3) is 0 Å². The first-order valence-electron chi connectivity index (χ1n) is 38.0. The highest BCUT2D eigenvalue weighted by atomic mass is 31.2. The second-order valence-electron chi connectivity index (χ2n) is 27.1. The van der Waals surface area contributed by atoms with Gasteiger partial charge in [-0.05, 0) is 37.5 Å². The van der Waals surface area contributed by atoms with Gasteiger partial charge in [0.05, 0.1) is 26.4 Å². The van der Waals surface area contributed by atoms with Crippen LogP contribution in [-0.4, -0.2) is 96.7 Å². The van der Waals surface area contributed by atoms with Gasteiger partial charge in [0.1, 0.15) is 19.3 Å². The Balaban J connectivity index is 5.25. The molecule has 0 aliphatic rings. The molecule has 0 aliphatic heterocycles. The molecule has 0 amide bonds. The van der Waals surface area contributed by atoms with E-state index >= 15 is 0 Å². The van der Waals surface area contributed by atoms with Gasteiger partial charge in [-0.15, -0.1) is 0 Å². The number of aliphatic hydroxyl groups is 1. The number of rotatable bonds is 72. The molecule has 6 atom stereocenters. The van der Waals surface area contributed by atoms with Crippen molar-refractivity contribution in [3.63, 3.8) is 0 Å². The maximum Gasteiger partial charge on any atom is 0.472 e. The molecular weight excluding hydrogens is 1210 g/mol. The zero-order valence-corrected chi connectivity index (χ0v) is 61.6. The van der Waals surface area contributed by atoms with Gasteiger partial charge in [0.15, 0.2) is 12.2 Å². The molecule has 19 heteroatoms. The van der Waals surface area contributed by atoms with E-state index in [-0.39, 0.29) is 25.7 Å². The standard InChI is InChI=1S/C73H142O17P2/c1-7-10-12-14-16-18-20-22-24-26-28-32-36-43-49-55-70(75)83-61-68(89-72(77)57-51-45-37-33-29-27-25-23-21-19-17-15-13-11-8-2)63-87-91(79,80)85-59-67(74)60-86-92(81,82)88-64-69(62-84-71(76)56-50-44-40-39-42-48-54-66(6)9-3)90-73(78)58-52-46-38-34-30-31-35-41-47-53-65(4)5/h65-69,74H,7-64H2,1-6H3,(H,79,80)(H,81,82)/t66?,67-,68-,69-/m1/s1. The number of hydrogen-bond donors (Lipinski definition) is 3. The fourth-order valence-electron chi connectivity index (χ4n) is 11.1. The van der Waals surface area contributed by atoms with Crippen molar-refractivity contribution < 1.29 is 80.2 Å². The Labute approximate surface area is 562 Å². The van der Waals surface area contributed by atoms with Crippen LogP contribution in [0.3, 0.4) is 0 Å². The van der Waals surface area contributed by atoms with E-state index in [0.717, 1.165) is 108 Å². The largest absolute Gasteiger partial charge is 0.472 e. The van der Waals surface area contributed by atoms with E-state index in [0.29, 0.717) is 25.7 Å². The number of unbranched alkanes of at least 4 members (excludes halogenated alkanes) is 41. The lowest BCUT2D eigenvalue weighted by Crippen LogP contribution is -2.30. The van der Waals surface area contributed by atoms with Crippen molar-refractivity contribution >= 4 is 39.5 Å². The van der Waals surface area contributed by atoms with E-state index in [1.807, 2.05) is 0 Å². The number of phosphoric ester groups is 2. The predicted molar refractivity (Wildman–Crippen MR) is 372 cm³/mol. The average Bonchev–Trinajstić information content (AvgIpc) is 3.24. The minimum atomic E-state index is -4.95.